The van der Waals surface area contributed by atoms with Crippen LogP contribution in [-0.2, 0) is 27.2 Å². The lowest BCUT2D eigenvalue weighted by Gasteiger charge is -2.08. The first kappa shape index (κ1) is 14.7. The van der Waals surface area contributed by atoms with Crippen LogP contribution < -0.4 is 11.2 Å². The van der Waals surface area contributed by atoms with Crippen LogP contribution in [0.2, 0.25) is 0 Å². The van der Waals surface area contributed by atoms with Crippen LogP contribution in [-0.4, -0.2) is 33.4 Å². The average molecular weight is 314 g/mol. The Morgan fingerprint density at radius 2 is 1.96 bits per heavy atom. The summed E-state index contributed by atoms with van der Waals surface area (Å²) in [6, 6.07) is 1.84. The Hall–Kier alpha value is -3.22. The zero-order chi connectivity index (χ0) is 16.6. The van der Waals surface area contributed by atoms with Crippen LogP contribution in [0.1, 0.15) is 12.2 Å². The van der Waals surface area contributed by atoms with Gasteiger partial charge in [-0.1, -0.05) is 0 Å². The number of hydrogen-bond donors (Lipinski definition) is 0. The van der Waals surface area contributed by atoms with E-state index in [4.69, 9.17) is 5.26 Å². The summed E-state index contributed by atoms with van der Waals surface area (Å²) in [7, 11) is 3.30. The minimum atomic E-state index is -0.405. The first-order valence-electron chi connectivity index (χ1n) is 6.93. The van der Waals surface area contributed by atoms with Gasteiger partial charge >= 0.3 is 5.69 Å². The predicted octanol–water partition coefficient (Wildman–Crippen LogP) is -1.01. The van der Waals surface area contributed by atoms with Gasteiger partial charge in [-0.25, -0.2) is 14.8 Å². The Balaban J connectivity index is 1.88. The van der Waals surface area contributed by atoms with Gasteiger partial charge in [0.2, 0.25) is 0 Å². The molecule has 0 radical (unpaired) electrons. The Morgan fingerprint density at radius 3 is 2.65 bits per heavy atom. The Morgan fingerprint density at radius 1 is 1.17 bits per heavy atom. The molecule has 3 heterocycles. The summed E-state index contributed by atoms with van der Waals surface area (Å²) in [6.45, 7) is 0.696. The summed E-state index contributed by atoms with van der Waals surface area (Å²) in [5, 5.41) is 12.6. The highest BCUT2D eigenvalue weighted by Crippen LogP contribution is 2.03. The van der Waals surface area contributed by atoms with E-state index in [1.165, 1.54) is 26.5 Å². The summed E-state index contributed by atoms with van der Waals surface area (Å²) in [6.07, 6.45) is 3.46. The molecule has 0 aliphatic carbocycles. The van der Waals surface area contributed by atoms with E-state index >= 15 is 0 Å². The van der Waals surface area contributed by atoms with E-state index in [-0.39, 0.29) is 17.9 Å². The SMILES string of the molecule is Cn1cnc2c1c(=O)n(CCCn1cnc(C#N)n1)c(=O)n2C. The maximum absolute atomic E-state index is 12.5. The van der Waals surface area contributed by atoms with Crippen LogP contribution in [0.5, 0.6) is 0 Å². The quantitative estimate of drug-likeness (QED) is 0.609. The normalized spacial score (nSPS) is 11.0. The fourth-order valence-corrected chi connectivity index (χ4v) is 2.44. The molecule has 3 rings (SSSR count). The Bertz CT molecular complexity index is 1030. The fourth-order valence-electron chi connectivity index (χ4n) is 2.44. The second-order valence-electron chi connectivity index (χ2n) is 5.12. The van der Waals surface area contributed by atoms with Crippen molar-refractivity contribution in [3.8, 4) is 6.07 Å². The van der Waals surface area contributed by atoms with Crippen LogP contribution in [0.4, 0.5) is 0 Å². The molecule has 0 spiro atoms. The van der Waals surface area contributed by atoms with Gasteiger partial charge in [-0.3, -0.25) is 18.6 Å². The second-order valence-corrected chi connectivity index (χ2v) is 5.12. The maximum Gasteiger partial charge on any atom is 0.332 e. The largest absolute Gasteiger partial charge is 0.332 e. The molecular formula is C13H14N8O2. The fraction of sp³-hybridized carbons (Fsp3) is 0.385. The molecule has 0 unspecified atom stereocenters. The van der Waals surface area contributed by atoms with Gasteiger partial charge in [0.15, 0.2) is 11.2 Å². The summed E-state index contributed by atoms with van der Waals surface area (Å²) in [5.74, 6) is 0.0920. The van der Waals surface area contributed by atoms with Gasteiger partial charge in [-0.05, 0) is 6.42 Å². The molecule has 0 atom stereocenters. The molecule has 0 N–H and O–H groups in total. The van der Waals surface area contributed by atoms with Crippen LogP contribution >= 0.6 is 0 Å². The molecule has 0 aliphatic rings. The lowest BCUT2D eigenvalue weighted by molar-refractivity contribution is 0.499. The highest BCUT2D eigenvalue weighted by atomic mass is 16.2. The summed E-state index contributed by atoms with van der Waals surface area (Å²) in [4.78, 5) is 32.7. The first-order valence-corrected chi connectivity index (χ1v) is 6.93. The zero-order valence-electron chi connectivity index (χ0n) is 12.7. The summed E-state index contributed by atoms with van der Waals surface area (Å²) < 4.78 is 5.66. The van der Waals surface area contributed by atoms with Crippen molar-refractivity contribution in [2.45, 2.75) is 19.5 Å². The zero-order valence-corrected chi connectivity index (χ0v) is 12.7. The molecule has 3 aromatic rings. The van der Waals surface area contributed by atoms with Crippen LogP contribution in [0.3, 0.4) is 0 Å². The second kappa shape index (κ2) is 5.53. The molecule has 0 amide bonds. The third-order valence-corrected chi connectivity index (χ3v) is 3.61. The van der Waals surface area contributed by atoms with E-state index in [1.807, 2.05) is 6.07 Å². The van der Waals surface area contributed by atoms with Crippen molar-refractivity contribution >= 4 is 11.2 Å². The Labute approximate surface area is 129 Å². The van der Waals surface area contributed by atoms with Crippen LogP contribution in [0.25, 0.3) is 11.2 Å². The molecule has 0 saturated heterocycles. The summed E-state index contributed by atoms with van der Waals surface area (Å²) >= 11 is 0. The summed E-state index contributed by atoms with van der Waals surface area (Å²) in [5.41, 5.74) is -0.00906. The number of aryl methyl sites for hydroxylation is 3. The molecule has 10 nitrogen and oxygen atoms in total. The molecule has 0 bridgehead atoms. The molecular weight excluding hydrogens is 300 g/mol. The predicted molar refractivity (Wildman–Crippen MR) is 79.6 cm³/mol. The van der Waals surface area contributed by atoms with E-state index in [2.05, 4.69) is 15.1 Å². The van der Waals surface area contributed by atoms with Gasteiger partial charge in [0.25, 0.3) is 11.4 Å². The number of hydrogen-bond acceptors (Lipinski definition) is 6. The molecule has 0 fully saturated rings. The smallest absolute Gasteiger partial charge is 0.328 e. The molecule has 0 aromatic carbocycles. The molecule has 0 saturated carbocycles. The van der Waals surface area contributed by atoms with Gasteiger partial charge < -0.3 is 4.57 Å². The third-order valence-electron chi connectivity index (χ3n) is 3.61. The average Bonchev–Trinajstić information content (AvgIpc) is 3.15. The first-order chi connectivity index (χ1) is 11.0. The topological polar surface area (TPSA) is 116 Å². The number of rotatable bonds is 4. The maximum atomic E-state index is 12.5. The van der Waals surface area contributed by atoms with Crippen molar-refractivity contribution in [2.24, 2.45) is 14.1 Å². The highest BCUT2D eigenvalue weighted by molar-refractivity contribution is 5.69. The molecule has 3 aromatic heterocycles. The van der Waals surface area contributed by atoms with E-state index in [0.717, 1.165) is 0 Å². The number of nitriles is 1. The van der Waals surface area contributed by atoms with Gasteiger partial charge in [0.1, 0.15) is 12.4 Å². The van der Waals surface area contributed by atoms with Crippen molar-refractivity contribution in [1.82, 2.24) is 33.4 Å². The van der Waals surface area contributed by atoms with Crippen LogP contribution in [0.15, 0.2) is 22.2 Å². The lowest BCUT2D eigenvalue weighted by atomic mass is 10.4. The monoisotopic (exact) mass is 314 g/mol. The third kappa shape index (κ3) is 2.42. The van der Waals surface area contributed by atoms with E-state index in [1.54, 1.807) is 18.7 Å². The van der Waals surface area contributed by atoms with E-state index < -0.39 is 5.69 Å². The van der Waals surface area contributed by atoms with Crippen molar-refractivity contribution < 1.29 is 0 Å². The number of fused-ring (bicyclic) bond motifs is 1. The van der Waals surface area contributed by atoms with Crippen molar-refractivity contribution in [3.63, 3.8) is 0 Å². The Kier molecular flexibility index (Phi) is 3.53. The molecule has 23 heavy (non-hydrogen) atoms. The lowest BCUT2D eigenvalue weighted by Crippen LogP contribution is -2.39. The van der Waals surface area contributed by atoms with Gasteiger partial charge in [0, 0.05) is 27.2 Å². The van der Waals surface area contributed by atoms with Gasteiger partial charge in [-0.2, -0.15) is 5.26 Å². The minimum Gasteiger partial charge on any atom is -0.328 e. The number of imidazole rings is 1. The molecule has 0 aliphatic heterocycles. The standard InChI is InChI=1S/C13H14N8O2/c1-18-7-16-11-10(18)12(22)21(13(23)19(11)2)5-3-4-20-8-15-9(6-14)17-20/h7-8H,3-5H2,1-2H3. The van der Waals surface area contributed by atoms with Crippen molar-refractivity contribution in [1.29, 1.82) is 5.26 Å². The number of nitrogens with zero attached hydrogens (tertiary/aromatic N) is 8. The minimum absolute atomic E-state index is 0.0920. The van der Waals surface area contributed by atoms with Crippen molar-refractivity contribution in [3.05, 3.63) is 39.3 Å². The van der Waals surface area contributed by atoms with Crippen molar-refractivity contribution in [2.75, 3.05) is 0 Å². The number of aromatic nitrogens is 7. The van der Waals surface area contributed by atoms with E-state index in [9.17, 15) is 9.59 Å². The molecule has 10 heteroatoms. The van der Waals surface area contributed by atoms with Crippen LogP contribution in [0, 0.1) is 11.3 Å². The van der Waals surface area contributed by atoms with E-state index in [0.29, 0.717) is 24.1 Å². The van der Waals surface area contributed by atoms with Gasteiger partial charge in [-0.15, -0.1) is 5.10 Å². The highest BCUT2D eigenvalue weighted by Gasteiger charge is 2.14. The molecule has 118 valence electrons. The van der Waals surface area contributed by atoms with Gasteiger partial charge in [0.05, 0.1) is 6.33 Å².